The lowest BCUT2D eigenvalue weighted by atomic mass is 10.00. The van der Waals surface area contributed by atoms with Gasteiger partial charge in [0.2, 0.25) is 5.82 Å². The van der Waals surface area contributed by atoms with Gasteiger partial charge in [-0.25, -0.2) is 4.98 Å². The predicted molar refractivity (Wildman–Crippen MR) is 118 cm³/mol. The number of hydrogen-bond acceptors (Lipinski definition) is 6. The summed E-state index contributed by atoms with van der Waals surface area (Å²) in [5.74, 6) is 3.50. The van der Waals surface area contributed by atoms with Crippen molar-refractivity contribution in [2.45, 2.75) is 19.8 Å². The van der Waals surface area contributed by atoms with Crippen molar-refractivity contribution in [2.75, 3.05) is 25.1 Å². The quantitative estimate of drug-likeness (QED) is 0.469. The Morgan fingerprint density at radius 3 is 2.70 bits per heavy atom. The van der Waals surface area contributed by atoms with E-state index >= 15 is 0 Å². The minimum Gasteiger partial charge on any atom is -0.497 e. The average molecular weight is 400 g/mol. The topological polar surface area (TPSA) is 64.3 Å². The van der Waals surface area contributed by atoms with Gasteiger partial charge >= 0.3 is 0 Å². The van der Waals surface area contributed by atoms with Crippen LogP contribution in [0.3, 0.4) is 0 Å². The Morgan fingerprint density at radius 2 is 1.90 bits per heavy atom. The van der Waals surface area contributed by atoms with E-state index < -0.39 is 0 Å². The fourth-order valence-electron chi connectivity index (χ4n) is 4.09. The third-order valence-electron chi connectivity index (χ3n) is 5.69. The highest BCUT2D eigenvalue weighted by atomic mass is 16.5. The molecule has 0 aliphatic carbocycles. The van der Waals surface area contributed by atoms with Crippen molar-refractivity contribution >= 4 is 16.7 Å². The Morgan fingerprint density at radius 1 is 1.07 bits per heavy atom. The fraction of sp³-hybridized carbons (Fsp3) is 0.292. The fourth-order valence-corrected chi connectivity index (χ4v) is 4.09. The van der Waals surface area contributed by atoms with E-state index in [1.807, 2.05) is 42.5 Å². The second kappa shape index (κ2) is 7.78. The van der Waals surface area contributed by atoms with Crippen LogP contribution >= 0.6 is 0 Å². The van der Waals surface area contributed by atoms with Crippen LogP contribution in [0.2, 0.25) is 0 Å². The molecule has 1 atom stereocenters. The summed E-state index contributed by atoms with van der Waals surface area (Å²) >= 11 is 0. The maximum atomic E-state index is 5.69. The molecule has 0 amide bonds. The number of methoxy groups -OCH3 is 1. The molecule has 3 heterocycles. The van der Waals surface area contributed by atoms with Crippen LogP contribution in [0.1, 0.15) is 19.8 Å². The zero-order chi connectivity index (χ0) is 20.5. The average Bonchev–Trinajstić information content (AvgIpc) is 3.28. The molecule has 4 aromatic rings. The van der Waals surface area contributed by atoms with Gasteiger partial charge < -0.3 is 14.2 Å². The Balaban J connectivity index is 1.57. The van der Waals surface area contributed by atoms with Gasteiger partial charge in [-0.15, -0.1) is 0 Å². The summed E-state index contributed by atoms with van der Waals surface area (Å²) in [6.07, 6.45) is 2.46. The van der Waals surface area contributed by atoms with Crippen molar-refractivity contribution in [3.8, 4) is 28.6 Å². The highest BCUT2D eigenvalue weighted by molar-refractivity contribution is 5.94. The molecule has 2 aromatic heterocycles. The Bertz CT molecular complexity index is 1170. The maximum absolute atomic E-state index is 5.69. The summed E-state index contributed by atoms with van der Waals surface area (Å²) < 4.78 is 10.9. The molecule has 152 valence electrons. The zero-order valence-electron chi connectivity index (χ0n) is 17.2. The van der Waals surface area contributed by atoms with Gasteiger partial charge in [-0.1, -0.05) is 30.3 Å². The van der Waals surface area contributed by atoms with Crippen molar-refractivity contribution in [2.24, 2.45) is 5.92 Å². The number of piperidine rings is 1. The van der Waals surface area contributed by atoms with Crippen LogP contribution in [0.5, 0.6) is 5.75 Å². The molecular weight excluding hydrogens is 376 g/mol. The van der Waals surface area contributed by atoms with Crippen LogP contribution in [-0.2, 0) is 0 Å². The molecule has 0 unspecified atom stereocenters. The zero-order valence-corrected chi connectivity index (χ0v) is 17.2. The molecule has 6 nitrogen and oxygen atoms in total. The highest BCUT2D eigenvalue weighted by Gasteiger charge is 2.21. The predicted octanol–water partition coefficient (Wildman–Crippen LogP) is 5.20. The molecule has 0 radical (unpaired) electrons. The number of aromatic nitrogens is 3. The first-order valence-electron chi connectivity index (χ1n) is 10.3. The number of para-hydroxylation sites is 1. The highest BCUT2D eigenvalue weighted by Crippen LogP contribution is 2.33. The normalized spacial score (nSPS) is 16.7. The van der Waals surface area contributed by atoms with E-state index in [0.29, 0.717) is 17.6 Å². The van der Waals surface area contributed by atoms with Crippen LogP contribution in [0.15, 0.2) is 59.1 Å². The number of fused-ring (bicyclic) bond motifs is 1. The van der Waals surface area contributed by atoms with Crippen molar-refractivity contribution in [1.29, 1.82) is 0 Å². The van der Waals surface area contributed by atoms with E-state index in [9.17, 15) is 0 Å². The lowest BCUT2D eigenvalue weighted by molar-refractivity contribution is 0.415. The largest absolute Gasteiger partial charge is 0.497 e. The number of anilines is 1. The van der Waals surface area contributed by atoms with Gasteiger partial charge in [-0.2, -0.15) is 4.98 Å². The molecule has 30 heavy (non-hydrogen) atoms. The molecule has 0 N–H and O–H groups in total. The second-order valence-electron chi connectivity index (χ2n) is 7.89. The summed E-state index contributed by atoms with van der Waals surface area (Å²) in [7, 11) is 1.65. The molecular formula is C24H24N4O2. The van der Waals surface area contributed by atoms with Crippen molar-refractivity contribution in [3.05, 3.63) is 54.6 Å². The smallest absolute Gasteiger partial charge is 0.259 e. The van der Waals surface area contributed by atoms with E-state index in [-0.39, 0.29) is 0 Å². The number of nitrogens with zero attached hydrogens (tertiary/aromatic N) is 4. The van der Waals surface area contributed by atoms with Crippen LogP contribution in [0.4, 0.5) is 5.82 Å². The second-order valence-corrected chi connectivity index (χ2v) is 7.89. The SMILES string of the molecule is COc1ccc(-c2noc(-c3cc(N4CCC[C@@H](C)C4)nc4ccccc34)n2)cc1. The monoisotopic (exact) mass is 400 g/mol. The Hall–Kier alpha value is -3.41. The standard InChI is InChI=1S/C24H24N4O2/c1-16-6-5-13-28(15-16)22-14-20(19-7-3-4-8-21(19)25-22)24-26-23(27-30-24)17-9-11-18(29-2)12-10-17/h3-4,7-12,14,16H,5-6,13,15H2,1-2H3/t16-/m1/s1. The molecule has 6 heteroatoms. The maximum Gasteiger partial charge on any atom is 0.259 e. The van der Waals surface area contributed by atoms with Gasteiger partial charge in [0.15, 0.2) is 0 Å². The summed E-state index contributed by atoms with van der Waals surface area (Å²) in [6.45, 7) is 4.34. The molecule has 0 bridgehead atoms. The Labute approximate surface area is 175 Å². The van der Waals surface area contributed by atoms with Crippen molar-refractivity contribution in [1.82, 2.24) is 15.1 Å². The van der Waals surface area contributed by atoms with Crippen molar-refractivity contribution < 1.29 is 9.26 Å². The third kappa shape index (κ3) is 3.49. The van der Waals surface area contributed by atoms with Gasteiger partial charge in [-0.3, -0.25) is 0 Å². The van der Waals surface area contributed by atoms with Gasteiger partial charge in [0, 0.05) is 24.0 Å². The van der Waals surface area contributed by atoms with E-state index in [4.69, 9.17) is 19.2 Å². The molecule has 1 fully saturated rings. The van der Waals surface area contributed by atoms with Crippen molar-refractivity contribution in [3.63, 3.8) is 0 Å². The van der Waals surface area contributed by atoms with E-state index in [1.165, 1.54) is 12.8 Å². The molecule has 1 aliphatic heterocycles. The summed E-state index contributed by atoms with van der Waals surface area (Å²) in [4.78, 5) is 12.0. The summed E-state index contributed by atoms with van der Waals surface area (Å²) in [5, 5.41) is 5.23. The van der Waals surface area contributed by atoms with Crippen LogP contribution in [0.25, 0.3) is 33.7 Å². The molecule has 2 aromatic carbocycles. The number of hydrogen-bond donors (Lipinski definition) is 0. The molecule has 0 saturated carbocycles. The van der Waals surface area contributed by atoms with Crippen LogP contribution in [-0.4, -0.2) is 35.3 Å². The minimum atomic E-state index is 0.505. The molecule has 5 rings (SSSR count). The van der Waals surface area contributed by atoms with Crippen LogP contribution in [0, 0.1) is 5.92 Å². The molecule has 1 aliphatic rings. The molecule has 0 spiro atoms. The van der Waals surface area contributed by atoms with Gasteiger partial charge in [0.05, 0.1) is 18.2 Å². The lowest BCUT2D eigenvalue weighted by Crippen LogP contribution is -2.34. The van der Waals surface area contributed by atoms with Gasteiger partial charge in [-0.05, 0) is 55.2 Å². The summed E-state index contributed by atoms with van der Waals surface area (Å²) in [6, 6.07) is 17.8. The first-order valence-corrected chi connectivity index (χ1v) is 10.3. The van der Waals surface area contributed by atoms with E-state index in [1.54, 1.807) is 7.11 Å². The Kier molecular flexibility index (Phi) is 4.83. The first-order chi connectivity index (χ1) is 14.7. The van der Waals surface area contributed by atoms with E-state index in [2.05, 4.69) is 29.1 Å². The first kappa shape index (κ1) is 18.6. The lowest BCUT2D eigenvalue weighted by Gasteiger charge is -2.32. The van der Waals surface area contributed by atoms with Gasteiger partial charge in [0.1, 0.15) is 11.6 Å². The molecule has 1 saturated heterocycles. The summed E-state index contributed by atoms with van der Waals surface area (Å²) in [5.41, 5.74) is 2.74. The number of pyridine rings is 1. The van der Waals surface area contributed by atoms with E-state index in [0.717, 1.165) is 46.7 Å². The van der Waals surface area contributed by atoms with Crippen LogP contribution < -0.4 is 9.64 Å². The minimum absolute atomic E-state index is 0.505. The number of ether oxygens (including phenoxy) is 1. The number of rotatable bonds is 4. The van der Waals surface area contributed by atoms with Gasteiger partial charge in [0.25, 0.3) is 5.89 Å². The number of benzene rings is 2. The third-order valence-corrected chi connectivity index (χ3v) is 5.69.